The van der Waals surface area contributed by atoms with Gasteiger partial charge in [0.05, 0.1) is 24.5 Å². The highest BCUT2D eigenvalue weighted by Crippen LogP contribution is 2.08. The Morgan fingerprint density at radius 3 is 2.87 bits per heavy atom. The molecule has 0 spiro atoms. The van der Waals surface area contributed by atoms with Gasteiger partial charge in [-0.1, -0.05) is 0 Å². The second kappa shape index (κ2) is 4.35. The van der Waals surface area contributed by atoms with Crippen molar-refractivity contribution < 1.29 is 9.53 Å². The van der Waals surface area contributed by atoms with Crippen LogP contribution in [0.25, 0.3) is 0 Å². The van der Waals surface area contributed by atoms with Gasteiger partial charge in [0.25, 0.3) is 5.91 Å². The number of rotatable bonds is 1. The summed E-state index contributed by atoms with van der Waals surface area (Å²) in [4.78, 5) is 21.7. The van der Waals surface area contributed by atoms with E-state index in [0.717, 1.165) is 5.69 Å². The Labute approximate surface area is 88.1 Å². The molecule has 0 saturated carbocycles. The highest BCUT2D eigenvalue weighted by atomic mass is 16.5. The van der Waals surface area contributed by atoms with Crippen LogP contribution in [0.15, 0.2) is 12.5 Å². The fraction of sp³-hybridized carbons (Fsp3) is 0.500. The Morgan fingerprint density at radius 2 is 2.20 bits per heavy atom. The minimum atomic E-state index is -0.00333. The molecule has 15 heavy (non-hydrogen) atoms. The lowest BCUT2D eigenvalue weighted by molar-refractivity contribution is 0.0301. The molecule has 80 valence electrons. The van der Waals surface area contributed by atoms with Crippen LogP contribution < -0.4 is 0 Å². The predicted molar refractivity (Wildman–Crippen MR) is 53.5 cm³/mol. The number of amides is 1. The van der Waals surface area contributed by atoms with E-state index < -0.39 is 0 Å². The van der Waals surface area contributed by atoms with Crippen molar-refractivity contribution in [1.82, 2.24) is 14.9 Å². The molecule has 5 nitrogen and oxygen atoms in total. The fourth-order valence-electron chi connectivity index (χ4n) is 1.54. The zero-order chi connectivity index (χ0) is 10.7. The monoisotopic (exact) mass is 207 g/mol. The molecule has 0 bridgehead atoms. The molecule has 1 fully saturated rings. The van der Waals surface area contributed by atoms with Crippen molar-refractivity contribution in [2.24, 2.45) is 0 Å². The van der Waals surface area contributed by atoms with Gasteiger partial charge in [-0.15, -0.1) is 0 Å². The van der Waals surface area contributed by atoms with E-state index in [1.807, 2.05) is 6.92 Å². The third-order valence-electron chi connectivity index (χ3n) is 2.44. The molecule has 1 aromatic rings. The van der Waals surface area contributed by atoms with E-state index >= 15 is 0 Å². The summed E-state index contributed by atoms with van der Waals surface area (Å²) in [6.07, 6.45) is 3.02. The number of carbonyl (C=O) groups is 1. The largest absolute Gasteiger partial charge is 0.378 e. The molecule has 1 aromatic heterocycles. The molecule has 0 radical (unpaired) electrons. The van der Waals surface area contributed by atoms with Crippen molar-refractivity contribution >= 4 is 5.91 Å². The first-order valence-corrected chi connectivity index (χ1v) is 4.92. The molecule has 2 rings (SSSR count). The van der Waals surface area contributed by atoms with Crippen LogP contribution in [0, 0.1) is 6.92 Å². The van der Waals surface area contributed by atoms with Gasteiger partial charge >= 0.3 is 0 Å². The summed E-state index contributed by atoms with van der Waals surface area (Å²) in [6.45, 7) is 4.33. The lowest BCUT2D eigenvalue weighted by Gasteiger charge is -2.26. The number of aromatic nitrogens is 2. The number of carbonyl (C=O) groups excluding carboxylic acids is 1. The van der Waals surface area contributed by atoms with E-state index in [9.17, 15) is 4.79 Å². The molecule has 1 aliphatic rings. The van der Waals surface area contributed by atoms with Crippen molar-refractivity contribution in [3.8, 4) is 0 Å². The van der Waals surface area contributed by atoms with E-state index in [4.69, 9.17) is 4.74 Å². The first-order chi connectivity index (χ1) is 7.29. The van der Waals surface area contributed by atoms with Gasteiger partial charge in [0.15, 0.2) is 0 Å². The lowest BCUT2D eigenvalue weighted by Crippen LogP contribution is -2.41. The van der Waals surface area contributed by atoms with Crippen LogP contribution in [-0.4, -0.2) is 47.1 Å². The van der Waals surface area contributed by atoms with Gasteiger partial charge in [-0.05, 0) is 6.92 Å². The Balaban J connectivity index is 2.16. The summed E-state index contributed by atoms with van der Waals surface area (Å²) < 4.78 is 5.19. The van der Waals surface area contributed by atoms with Gasteiger partial charge in [0, 0.05) is 19.3 Å². The molecule has 1 aliphatic heterocycles. The van der Waals surface area contributed by atoms with E-state index in [-0.39, 0.29) is 5.91 Å². The Bertz CT molecular complexity index is 361. The van der Waals surface area contributed by atoms with Crippen molar-refractivity contribution in [2.45, 2.75) is 6.92 Å². The molecular weight excluding hydrogens is 194 g/mol. The van der Waals surface area contributed by atoms with Crippen molar-refractivity contribution in [3.63, 3.8) is 0 Å². The second-order valence-electron chi connectivity index (χ2n) is 3.43. The third-order valence-corrected chi connectivity index (χ3v) is 2.44. The topological polar surface area (TPSA) is 55.3 Å². The van der Waals surface area contributed by atoms with Crippen LogP contribution in [0.4, 0.5) is 0 Å². The van der Waals surface area contributed by atoms with E-state index in [0.29, 0.717) is 31.9 Å². The highest BCUT2D eigenvalue weighted by Gasteiger charge is 2.20. The predicted octanol–water partition coefficient (Wildman–Crippen LogP) is 0.257. The molecule has 5 heteroatoms. The summed E-state index contributed by atoms with van der Waals surface area (Å²) in [7, 11) is 0. The summed E-state index contributed by atoms with van der Waals surface area (Å²) in [5.74, 6) is -0.00333. The quantitative estimate of drug-likeness (QED) is 0.662. The smallest absolute Gasteiger partial charge is 0.257 e. The second-order valence-corrected chi connectivity index (χ2v) is 3.43. The van der Waals surface area contributed by atoms with Gasteiger partial charge < -0.3 is 9.64 Å². The van der Waals surface area contributed by atoms with Crippen LogP contribution in [0.1, 0.15) is 16.1 Å². The van der Waals surface area contributed by atoms with Crippen molar-refractivity contribution in [1.29, 1.82) is 0 Å². The van der Waals surface area contributed by atoms with Crippen LogP contribution in [0.2, 0.25) is 0 Å². The zero-order valence-corrected chi connectivity index (χ0v) is 8.64. The highest BCUT2D eigenvalue weighted by molar-refractivity contribution is 5.94. The van der Waals surface area contributed by atoms with Gasteiger partial charge in [0.1, 0.15) is 6.33 Å². The molecular formula is C10H13N3O2. The van der Waals surface area contributed by atoms with Gasteiger partial charge in [-0.2, -0.15) is 0 Å². The number of ether oxygens (including phenoxy) is 1. The van der Waals surface area contributed by atoms with E-state index in [2.05, 4.69) is 9.97 Å². The number of nitrogens with zero attached hydrogens (tertiary/aromatic N) is 3. The average molecular weight is 207 g/mol. The lowest BCUT2D eigenvalue weighted by atomic mass is 10.2. The number of aryl methyl sites for hydroxylation is 1. The summed E-state index contributed by atoms with van der Waals surface area (Å²) in [5, 5.41) is 0. The molecule has 0 N–H and O–H groups in total. The van der Waals surface area contributed by atoms with Gasteiger partial charge in [0.2, 0.25) is 0 Å². The summed E-state index contributed by atoms with van der Waals surface area (Å²) in [6, 6.07) is 0. The molecule has 0 aliphatic carbocycles. The molecule has 0 atom stereocenters. The van der Waals surface area contributed by atoms with Crippen LogP contribution in [0.5, 0.6) is 0 Å². The maximum Gasteiger partial charge on any atom is 0.257 e. The maximum absolute atomic E-state index is 12.0. The van der Waals surface area contributed by atoms with Crippen LogP contribution >= 0.6 is 0 Å². The number of hydrogen-bond donors (Lipinski definition) is 0. The normalized spacial score (nSPS) is 16.5. The number of hydrogen-bond acceptors (Lipinski definition) is 4. The van der Waals surface area contributed by atoms with Crippen LogP contribution in [0.3, 0.4) is 0 Å². The minimum Gasteiger partial charge on any atom is -0.378 e. The minimum absolute atomic E-state index is 0.00333. The first kappa shape index (κ1) is 10.0. The van der Waals surface area contributed by atoms with Crippen molar-refractivity contribution in [2.75, 3.05) is 26.3 Å². The fourth-order valence-corrected chi connectivity index (χ4v) is 1.54. The molecule has 2 heterocycles. The summed E-state index contributed by atoms with van der Waals surface area (Å²) >= 11 is 0. The van der Waals surface area contributed by atoms with E-state index in [1.165, 1.54) is 6.33 Å². The molecule has 0 aromatic carbocycles. The Morgan fingerprint density at radius 1 is 1.47 bits per heavy atom. The number of morpholine rings is 1. The van der Waals surface area contributed by atoms with Crippen molar-refractivity contribution in [3.05, 3.63) is 23.8 Å². The zero-order valence-electron chi connectivity index (χ0n) is 8.64. The molecule has 1 amide bonds. The Kier molecular flexibility index (Phi) is 2.91. The summed E-state index contributed by atoms with van der Waals surface area (Å²) in [5.41, 5.74) is 1.31. The Hall–Kier alpha value is -1.49. The molecule has 1 saturated heterocycles. The SMILES string of the molecule is Cc1ncncc1C(=O)N1CCOCC1. The average Bonchev–Trinajstić information content (AvgIpc) is 2.30. The first-order valence-electron chi connectivity index (χ1n) is 4.92. The van der Waals surface area contributed by atoms with Gasteiger partial charge in [-0.3, -0.25) is 4.79 Å². The van der Waals surface area contributed by atoms with E-state index in [1.54, 1.807) is 11.1 Å². The third kappa shape index (κ3) is 2.12. The van der Waals surface area contributed by atoms with Gasteiger partial charge in [-0.25, -0.2) is 9.97 Å². The standard InChI is InChI=1S/C10H13N3O2/c1-8-9(6-11-7-12-8)10(14)13-2-4-15-5-3-13/h6-7H,2-5H2,1H3. The molecule has 0 unspecified atom stereocenters. The maximum atomic E-state index is 12.0. The van der Waals surface area contributed by atoms with Crippen LogP contribution in [-0.2, 0) is 4.74 Å².